The van der Waals surface area contributed by atoms with Crippen LogP contribution in [0.2, 0.25) is 0 Å². The van der Waals surface area contributed by atoms with E-state index in [4.69, 9.17) is 9.47 Å². The lowest BCUT2D eigenvalue weighted by molar-refractivity contribution is 0.109. The van der Waals surface area contributed by atoms with E-state index >= 15 is 0 Å². The maximum atomic E-state index is 5.11. The molecule has 0 aromatic carbocycles. The largest absolute Gasteiger partial charge is 0.383 e. The van der Waals surface area contributed by atoms with Gasteiger partial charge in [-0.25, -0.2) is 0 Å². The third-order valence-corrected chi connectivity index (χ3v) is 2.86. The Labute approximate surface area is 92.9 Å². The summed E-state index contributed by atoms with van der Waals surface area (Å²) in [5.74, 6) is 0. The molecule has 0 aromatic heterocycles. The van der Waals surface area contributed by atoms with Crippen molar-refractivity contribution >= 4 is 0 Å². The number of nitrogens with zero attached hydrogens (tertiary/aromatic N) is 1. The summed E-state index contributed by atoms with van der Waals surface area (Å²) in [6.07, 6.45) is 2.61. The molecule has 0 saturated carbocycles. The van der Waals surface area contributed by atoms with Gasteiger partial charge in [0.05, 0.1) is 13.2 Å². The van der Waals surface area contributed by atoms with Crippen molar-refractivity contribution in [3.05, 3.63) is 0 Å². The topological polar surface area (TPSA) is 33.7 Å². The first-order chi connectivity index (χ1) is 7.36. The van der Waals surface area contributed by atoms with Crippen LogP contribution >= 0.6 is 0 Å². The van der Waals surface area contributed by atoms with Crippen LogP contribution in [0.3, 0.4) is 0 Å². The first-order valence-electron chi connectivity index (χ1n) is 5.80. The van der Waals surface area contributed by atoms with Crippen molar-refractivity contribution in [1.82, 2.24) is 10.2 Å². The molecule has 90 valence electrons. The summed E-state index contributed by atoms with van der Waals surface area (Å²) in [4.78, 5) is 2.41. The predicted octanol–water partition coefficient (Wildman–Crippen LogP) is 0.333. The lowest BCUT2D eigenvalue weighted by atomic mass is 10.2. The lowest BCUT2D eigenvalue weighted by Gasteiger charge is -2.24. The van der Waals surface area contributed by atoms with E-state index in [0.29, 0.717) is 6.04 Å². The van der Waals surface area contributed by atoms with Crippen molar-refractivity contribution < 1.29 is 9.47 Å². The summed E-state index contributed by atoms with van der Waals surface area (Å²) in [5, 5.41) is 3.52. The second-order valence-electron chi connectivity index (χ2n) is 4.08. The van der Waals surface area contributed by atoms with Crippen LogP contribution in [-0.4, -0.2) is 64.6 Å². The molecule has 4 heteroatoms. The van der Waals surface area contributed by atoms with Crippen LogP contribution in [0.4, 0.5) is 0 Å². The van der Waals surface area contributed by atoms with E-state index in [1.165, 1.54) is 19.4 Å². The maximum absolute atomic E-state index is 5.11. The minimum Gasteiger partial charge on any atom is -0.383 e. The van der Waals surface area contributed by atoms with Crippen molar-refractivity contribution in [2.75, 3.05) is 53.6 Å². The van der Waals surface area contributed by atoms with Crippen LogP contribution in [0, 0.1) is 0 Å². The molecule has 1 unspecified atom stereocenters. The Balaban J connectivity index is 2.19. The maximum Gasteiger partial charge on any atom is 0.0589 e. The second kappa shape index (κ2) is 8.05. The first-order valence-corrected chi connectivity index (χ1v) is 5.80. The molecule has 0 radical (unpaired) electrons. The fraction of sp³-hybridized carbons (Fsp3) is 1.00. The molecule has 1 rings (SSSR count). The molecule has 1 saturated heterocycles. The molecule has 1 aliphatic heterocycles. The highest BCUT2D eigenvalue weighted by Gasteiger charge is 2.17. The Morgan fingerprint density at radius 3 is 2.33 bits per heavy atom. The van der Waals surface area contributed by atoms with Crippen molar-refractivity contribution in [1.29, 1.82) is 0 Å². The Kier molecular flexibility index (Phi) is 6.92. The normalized spacial score (nSPS) is 21.4. The highest BCUT2D eigenvalue weighted by Crippen LogP contribution is 2.06. The molecule has 0 aromatic rings. The molecular weight excluding hydrogens is 192 g/mol. The quantitative estimate of drug-likeness (QED) is 0.634. The average Bonchev–Trinajstić information content (AvgIpc) is 2.74. The van der Waals surface area contributed by atoms with Crippen molar-refractivity contribution in [3.8, 4) is 0 Å². The number of nitrogens with one attached hydrogen (secondary N) is 1. The number of ether oxygens (including phenoxy) is 2. The minimum absolute atomic E-state index is 0.665. The Morgan fingerprint density at radius 1 is 1.20 bits per heavy atom. The minimum atomic E-state index is 0.665. The highest BCUT2D eigenvalue weighted by molar-refractivity contribution is 4.77. The van der Waals surface area contributed by atoms with Crippen LogP contribution < -0.4 is 5.32 Å². The zero-order valence-electron chi connectivity index (χ0n) is 10.00. The standard InChI is InChI=1S/C11H24N2O2/c1-14-8-6-13(7-9-15-2)10-11-4-3-5-12-11/h11-12H,3-10H2,1-2H3. The molecule has 1 N–H and O–H groups in total. The Morgan fingerprint density at radius 2 is 1.87 bits per heavy atom. The summed E-state index contributed by atoms with van der Waals surface area (Å²) in [7, 11) is 3.50. The van der Waals surface area contributed by atoms with Gasteiger partial charge in [0.15, 0.2) is 0 Å². The van der Waals surface area contributed by atoms with E-state index in [-0.39, 0.29) is 0 Å². The van der Waals surface area contributed by atoms with Crippen LogP contribution in [0.15, 0.2) is 0 Å². The molecule has 1 atom stereocenters. The van der Waals surface area contributed by atoms with Gasteiger partial charge in [0, 0.05) is 39.9 Å². The molecule has 0 spiro atoms. The molecule has 1 heterocycles. The summed E-state index contributed by atoms with van der Waals surface area (Å²) < 4.78 is 10.2. The van der Waals surface area contributed by atoms with Gasteiger partial charge in [-0.2, -0.15) is 0 Å². The highest BCUT2D eigenvalue weighted by atomic mass is 16.5. The SMILES string of the molecule is COCCN(CCOC)CC1CCCN1. The fourth-order valence-electron chi connectivity index (χ4n) is 1.96. The zero-order valence-corrected chi connectivity index (χ0v) is 10.00. The summed E-state index contributed by atoms with van der Waals surface area (Å²) in [5.41, 5.74) is 0. The number of hydrogen-bond acceptors (Lipinski definition) is 4. The van der Waals surface area contributed by atoms with Crippen molar-refractivity contribution in [2.24, 2.45) is 0 Å². The number of methoxy groups -OCH3 is 2. The third kappa shape index (κ3) is 5.47. The van der Waals surface area contributed by atoms with Crippen LogP contribution in [-0.2, 0) is 9.47 Å². The smallest absolute Gasteiger partial charge is 0.0589 e. The van der Waals surface area contributed by atoms with Gasteiger partial charge in [-0.15, -0.1) is 0 Å². The van der Waals surface area contributed by atoms with E-state index in [9.17, 15) is 0 Å². The number of rotatable bonds is 8. The molecule has 0 aliphatic carbocycles. The second-order valence-corrected chi connectivity index (χ2v) is 4.08. The summed E-state index contributed by atoms with van der Waals surface area (Å²) >= 11 is 0. The van der Waals surface area contributed by atoms with Crippen molar-refractivity contribution in [2.45, 2.75) is 18.9 Å². The molecule has 1 fully saturated rings. The Hall–Kier alpha value is -0.160. The van der Waals surface area contributed by atoms with Gasteiger partial charge in [-0.3, -0.25) is 4.90 Å². The fourth-order valence-corrected chi connectivity index (χ4v) is 1.96. The predicted molar refractivity (Wildman–Crippen MR) is 61.2 cm³/mol. The van der Waals surface area contributed by atoms with E-state index in [1.54, 1.807) is 14.2 Å². The van der Waals surface area contributed by atoms with Gasteiger partial charge < -0.3 is 14.8 Å². The molecule has 4 nitrogen and oxygen atoms in total. The van der Waals surface area contributed by atoms with Gasteiger partial charge in [0.2, 0.25) is 0 Å². The van der Waals surface area contributed by atoms with E-state index in [2.05, 4.69) is 10.2 Å². The van der Waals surface area contributed by atoms with Crippen LogP contribution in [0.1, 0.15) is 12.8 Å². The summed E-state index contributed by atoms with van der Waals surface area (Å²) in [6, 6.07) is 0.665. The monoisotopic (exact) mass is 216 g/mol. The van der Waals surface area contributed by atoms with Gasteiger partial charge >= 0.3 is 0 Å². The van der Waals surface area contributed by atoms with Gasteiger partial charge in [-0.05, 0) is 19.4 Å². The third-order valence-electron chi connectivity index (χ3n) is 2.86. The lowest BCUT2D eigenvalue weighted by Crippen LogP contribution is -2.40. The van der Waals surface area contributed by atoms with E-state index in [0.717, 1.165) is 32.8 Å². The van der Waals surface area contributed by atoms with Gasteiger partial charge in [0.1, 0.15) is 0 Å². The Bertz CT molecular complexity index is 142. The van der Waals surface area contributed by atoms with E-state index in [1.807, 2.05) is 0 Å². The van der Waals surface area contributed by atoms with Gasteiger partial charge in [-0.1, -0.05) is 0 Å². The molecule has 15 heavy (non-hydrogen) atoms. The zero-order chi connectivity index (χ0) is 10.9. The molecule has 0 amide bonds. The average molecular weight is 216 g/mol. The number of hydrogen-bond donors (Lipinski definition) is 1. The van der Waals surface area contributed by atoms with Crippen LogP contribution in [0.5, 0.6) is 0 Å². The summed E-state index contributed by atoms with van der Waals surface area (Å²) in [6.45, 7) is 5.89. The molecular formula is C11H24N2O2. The molecule has 1 aliphatic rings. The van der Waals surface area contributed by atoms with Gasteiger partial charge in [0.25, 0.3) is 0 Å². The first kappa shape index (κ1) is 12.9. The van der Waals surface area contributed by atoms with Crippen LogP contribution in [0.25, 0.3) is 0 Å². The molecule has 0 bridgehead atoms. The van der Waals surface area contributed by atoms with E-state index < -0.39 is 0 Å². The van der Waals surface area contributed by atoms with Crippen molar-refractivity contribution in [3.63, 3.8) is 0 Å².